The molecule has 5 aromatic rings. The number of fused-ring (bicyclic) bond motifs is 3. The van der Waals surface area contributed by atoms with Gasteiger partial charge < -0.3 is 4.57 Å². The zero-order valence-corrected chi connectivity index (χ0v) is 19.0. The molecule has 0 fully saturated rings. The van der Waals surface area contributed by atoms with Gasteiger partial charge in [-0.2, -0.15) is 0 Å². The molecule has 0 bridgehead atoms. The fraction of sp³-hybridized carbons (Fsp3) is 0.0345. The zero-order chi connectivity index (χ0) is 22.4. The lowest BCUT2D eigenvalue weighted by atomic mass is 10.0. The maximum absolute atomic E-state index is 13.6. The number of aromatic nitrogens is 2. The highest BCUT2D eigenvalue weighted by atomic mass is 31.2. The predicted molar refractivity (Wildman–Crippen MR) is 137 cm³/mol. The van der Waals surface area contributed by atoms with Crippen molar-refractivity contribution >= 4 is 17.8 Å². The molecule has 158 valence electrons. The summed E-state index contributed by atoms with van der Waals surface area (Å²) in [6.45, 7) is 1.86. The third-order valence-electron chi connectivity index (χ3n) is 6.23. The first-order valence-electron chi connectivity index (χ1n) is 10.9. The summed E-state index contributed by atoms with van der Waals surface area (Å²) in [7, 11) is -2.58. The fourth-order valence-corrected chi connectivity index (χ4v) is 6.84. The predicted octanol–water partition coefficient (Wildman–Crippen LogP) is 6.40. The number of rotatable bonds is 3. The molecule has 1 unspecified atom stereocenters. The molecule has 4 heteroatoms. The van der Waals surface area contributed by atoms with Crippen LogP contribution in [0.1, 0.15) is 0 Å². The summed E-state index contributed by atoms with van der Waals surface area (Å²) in [6.07, 6.45) is 0. The van der Waals surface area contributed by atoms with Crippen LogP contribution in [-0.4, -0.2) is 16.6 Å². The summed E-state index contributed by atoms with van der Waals surface area (Å²) in [5.74, 6) is 0.689. The quantitative estimate of drug-likeness (QED) is 0.302. The van der Waals surface area contributed by atoms with Gasteiger partial charge in [0, 0.05) is 27.3 Å². The maximum atomic E-state index is 13.6. The lowest BCUT2D eigenvalue weighted by Crippen LogP contribution is -2.07. The smallest absolute Gasteiger partial charge is 0.160 e. The van der Waals surface area contributed by atoms with Crippen molar-refractivity contribution in [1.29, 1.82) is 0 Å². The Bertz CT molecular complexity index is 1490. The molecule has 2 heterocycles. The van der Waals surface area contributed by atoms with E-state index in [0.717, 1.165) is 49.8 Å². The summed E-state index contributed by atoms with van der Waals surface area (Å²) < 4.78 is 13.6. The highest BCUT2D eigenvalue weighted by Crippen LogP contribution is 2.50. The van der Waals surface area contributed by atoms with E-state index in [-0.39, 0.29) is 0 Å². The van der Waals surface area contributed by atoms with Gasteiger partial charge in [-0.25, -0.2) is 9.97 Å². The molecule has 0 radical (unpaired) electrons. The number of hydrogen-bond donors (Lipinski definition) is 0. The van der Waals surface area contributed by atoms with Crippen LogP contribution in [0.3, 0.4) is 0 Å². The largest absolute Gasteiger partial charge is 0.314 e. The topological polar surface area (TPSA) is 42.9 Å². The average molecular weight is 444 g/mol. The van der Waals surface area contributed by atoms with E-state index in [0.29, 0.717) is 5.82 Å². The maximum Gasteiger partial charge on any atom is 0.160 e. The molecule has 0 saturated heterocycles. The van der Waals surface area contributed by atoms with Crippen LogP contribution in [0.4, 0.5) is 0 Å². The SMILES string of the molecule is CP1(=O)c2ccccc2-c2cc(-c3cc(-c4ccccc4)nc(-c4ccccc4)n3)ccc21. The zero-order valence-electron chi connectivity index (χ0n) is 18.1. The van der Waals surface area contributed by atoms with Crippen molar-refractivity contribution < 1.29 is 4.57 Å². The Morgan fingerprint density at radius 1 is 0.545 bits per heavy atom. The lowest BCUT2D eigenvalue weighted by Gasteiger charge is -2.11. The second kappa shape index (κ2) is 7.65. The fourth-order valence-electron chi connectivity index (χ4n) is 4.55. The number of benzene rings is 4. The Morgan fingerprint density at radius 3 is 1.85 bits per heavy atom. The van der Waals surface area contributed by atoms with Gasteiger partial charge in [-0.05, 0) is 36.0 Å². The third kappa shape index (κ3) is 3.33. The third-order valence-corrected chi connectivity index (χ3v) is 8.85. The molecule has 6 rings (SSSR count). The lowest BCUT2D eigenvalue weighted by molar-refractivity contribution is 0.591. The molecular weight excluding hydrogens is 423 g/mol. The van der Waals surface area contributed by atoms with Crippen LogP contribution in [0.2, 0.25) is 0 Å². The minimum atomic E-state index is -2.58. The van der Waals surface area contributed by atoms with Crippen LogP contribution in [-0.2, 0) is 4.57 Å². The van der Waals surface area contributed by atoms with Gasteiger partial charge in [-0.3, -0.25) is 0 Å². The van der Waals surface area contributed by atoms with Gasteiger partial charge >= 0.3 is 0 Å². The Morgan fingerprint density at radius 2 is 1.12 bits per heavy atom. The highest BCUT2D eigenvalue weighted by Gasteiger charge is 2.34. The van der Waals surface area contributed by atoms with Gasteiger partial charge in [0.15, 0.2) is 5.82 Å². The van der Waals surface area contributed by atoms with Crippen molar-refractivity contribution in [1.82, 2.24) is 9.97 Å². The van der Waals surface area contributed by atoms with Crippen molar-refractivity contribution in [2.75, 3.05) is 6.66 Å². The minimum Gasteiger partial charge on any atom is -0.314 e. The van der Waals surface area contributed by atoms with Crippen LogP contribution in [0.25, 0.3) is 45.0 Å². The molecule has 1 aliphatic rings. The first-order valence-corrected chi connectivity index (χ1v) is 13.1. The Hall–Kier alpha value is -3.81. The standard InChI is InChI=1S/C29H21N2OP/c1-33(32)27-15-9-8-14-23(27)24-18-22(16-17-28(24)33)26-19-25(20-10-4-2-5-11-20)30-29(31-26)21-12-6-3-7-13-21/h2-19H,1H3. The van der Waals surface area contributed by atoms with Crippen molar-refractivity contribution in [2.24, 2.45) is 0 Å². The molecule has 0 aliphatic carbocycles. The summed E-state index contributed by atoms with van der Waals surface area (Å²) in [6, 6.07) is 36.4. The van der Waals surface area contributed by atoms with E-state index >= 15 is 0 Å². The molecule has 1 aromatic heterocycles. The molecule has 0 N–H and O–H groups in total. The van der Waals surface area contributed by atoms with Crippen LogP contribution < -0.4 is 10.6 Å². The van der Waals surface area contributed by atoms with Gasteiger partial charge in [0.1, 0.15) is 7.14 Å². The second-order valence-electron chi connectivity index (χ2n) is 8.37. The molecule has 3 nitrogen and oxygen atoms in total. The van der Waals surface area contributed by atoms with Gasteiger partial charge in [0.25, 0.3) is 0 Å². The van der Waals surface area contributed by atoms with E-state index in [1.165, 1.54) is 0 Å². The number of hydrogen-bond acceptors (Lipinski definition) is 3. The second-order valence-corrected chi connectivity index (χ2v) is 11.2. The molecule has 4 aromatic carbocycles. The Labute approximate surface area is 193 Å². The van der Waals surface area contributed by atoms with Crippen molar-refractivity contribution in [2.45, 2.75) is 0 Å². The highest BCUT2D eigenvalue weighted by molar-refractivity contribution is 7.79. The van der Waals surface area contributed by atoms with Crippen molar-refractivity contribution in [3.63, 3.8) is 0 Å². The normalized spacial score (nSPS) is 16.3. The molecule has 33 heavy (non-hydrogen) atoms. The van der Waals surface area contributed by atoms with E-state index in [4.69, 9.17) is 9.97 Å². The first kappa shape index (κ1) is 19.8. The van der Waals surface area contributed by atoms with Crippen molar-refractivity contribution in [3.05, 3.63) is 109 Å². The van der Waals surface area contributed by atoms with E-state index in [2.05, 4.69) is 24.3 Å². The molecule has 1 atom stereocenters. The van der Waals surface area contributed by atoms with Gasteiger partial charge in [-0.1, -0.05) is 91.0 Å². The average Bonchev–Trinajstić information content (AvgIpc) is 3.11. The van der Waals surface area contributed by atoms with E-state index < -0.39 is 7.14 Å². The molecule has 0 amide bonds. The van der Waals surface area contributed by atoms with Gasteiger partial charge in [-0.15, -0.1) is 0 Å². The Kier molecular flexibility index (Phi) is 4.60. The van der Waals surface area contributed by atoms with Crippen LogP contribution in [0, 0.1) is 0 Å². The van der Waals surface area contributed by atoms with Gasteiger partial charge in [0.05, 0.1) is 11.4 Å². The van der Waals surface area contributed by atoms with E-state index in [9.17, 15) is 4.57 Å². The van der Waals surface area contributed by atoms with Crippen LogP contribution >= 0.6 is 7.14 Å². The van der Waals surface area contributed by atoms with Crippen LogP contribution in [0.5, 0.6) is 0 Å². The Balaban J connectivity index is 1.56. The molecule has 0 saturated carbocycles. The summed E-state index contributed by atoms with van der Waals surface area (Å²) in [5.41, 5.74) is 6.82. The van der Waals surface area contributed by atoms with E-state index in [1.54, 1.807) is 0 Å². The monoisotopic (exact) mass is 444 g/mol. The summed E-state index contributed by atoms with van der Waals surface area (Å²) in [4.78, 5) is 9.81. The van der Waals surface area contributed by atoms with Crippen molar-refractivity contribution in [3.8, 4) is 45.0 Å². The van der Waals surface area contributed by atoms with Gasteiger partial charge in [0.2, 0.25) is 0 Å². The molecule has 1 aliphatic heterocycles. The van der Waals surface area contributed by atoms with Crippen LogP contribution in [0.15, 0.2) is 109 Å². The number of nitrogens with zero attached hydrogens (tertiary/aromatic N) is 2. The first-order chi connectivity index (χ1) is 16.1. The molecular formula is C29H21N2OP. The summed E-state index contributed by atoms with van der Waals surface area (Å²) >= 11 is 0. The summed E-state index contributed by atoms with van der Waals surface area (Å²) in [5, 5.41) is 1.86. The minimum absolute atomic E-state index is 0.689. The van der Waals surface area contributed by atoms with E-state index in [1.807, 2.05) is 91.6 Å². The molecule has 0 spiro atoms.